The summed E-state index contributed by atoms with van der Waals surface area (Å²) in [6.45, 7) is 5.83. The molecule has 0 radical (unpaired) electrons. The van der Waals surface area contributed by atoms with Gasteiger partial charge in [0.1, 0.15) is 0 Å². The van der Waals surface area contributed by atoms with Crippen molar-refractivity contribution in [1.82, 2.24) is 4.98 Å². The molecule has 2 aromatic rings. The molecule has 0 saturated heterocycles. The van der Waals surface area contributed by atoms with E-state index in [-0.39, 0.29) is 5.97 Å². The number of para-hydroxylation sites is 1. The second-order valence-electron chi connectivity index (χ2n) is 3.58. The zero-order chi connectivity index (χ0) is 13.4. The van der Waals surface area contributed by atoms with Crippen LogP contribution in [0.5, 0.6) is 0 Å². The van der Waals surface area contributed by atoms with Gasteiger partial charge in [0.05, 0.1) is 12.1 Å². The zero-order valence-electron chi connectivity index (χ0n) is 11.1. The zero-order valence-corrected chi connectivity index (χ0v) is 11.1. The van der Waals surface area contributed by atoms with Crippen molar-refractivity contribution in [1.29, 1.82) is 0 Å². The third-order valence-electron chi connectivity index (χ3n) is 2.39. The van der Waals surface area contributed by atoms with Crippen LogP contribution in [0.1, 0.15) is 26.3 Å². The maximum atomic E-state index is 10.7. The van der Waals surface area contributed by atoms with E-state index in [9.17, 15) is 4.79 Å². The van der Waals surface area contributed by atoms with E-state index in [0.29, 0.717) is 13.0 Å². The Kier molecular flexibility index (Phi) is 5.85. The highest BCUT2D eigenvalue weighted by molar-refractivity contribution is 5.81. The van der Waals surface area contributed by atoms with Crippen molar-refractivity contribution in [2.75, 3.05) is 6.61 Å². The number of ether oxygens (including phenoxy) is 1. The van der Waals surface area contributed by atoms with Crippen LogP contribution in [-0.4, -0.2) is 17.6 Å². The molecule has 1 aromatic carbocycles. The Bertz CT molecular complexity index is 503. The first-order valence-electron chi connectivity index (χ1n) is 6.23. The van der Waals surface area contributed by atoms with Crippen molar-refractivity contribution >= 4 is 16.9 Å². The lowest BCUT2D eigenvalue weighted by Gasteiger charge is -2.05. The lowest BCUT2D eigenvalue weighted by molar-refractivity contribution is -0.140. The van der Waals surface area contributed by atoms with Gasteiger partial charge < -0.3 is 4.74 Å². The molecule has 0 spiro atoms. The molecule has 1 heterocycles. The van der Waals surface area contributed by atoms with Gasteiger partial charge in [0.2, 0.25) is 0 Å². The molecule has 0 atom stereocenters. The third-order valence-corrected chi connectivity index (χ3v) is 2.39. The number of nitrogens with zero attached hydrogens (tertiary/aromatic N) is 1. The maximum Gasteiger partial charge on any atom is 0.302 e. The minimum absolute atomic E-state index is 0.242. The van der Waals surface area contributed by atoms with Gasteiger partial charge in [-0.3, -0.25) is 9.78 Å². The van der Waals surface area contributed by atoms with E-state index in [4.69, 9.17) is 4.74 Å². The molecule has 0 saturated carbocycles. The van der Waals surface area contributed by atoms with Gasteiger partial charge in [0.15, 0.2) is 0 Å². The van der Waals surface area contributed by atoms with Crippen molar-refractivity contribution in [3.8, 4) is 0 Å². The SMILES string of the molecule is CC.CC(=O)OCCc1cccc2cccnc12. The number of rotatable bonds is 3. The van der Waals surface area contributed by atoms with Crippen LogP contribution in [-0.2, 0) is 16.0 Å². The molecule has 2 rings (SSSR count). The number of hydrogen-bond acceptors (Lipinski definition) is 3. The molecule has 0 fully saturated rings. The van der Waals surface area contributed by atoms with E-state index >= 15 is 0 Å². The minimum atomic E-state index is -0.242. The van der Waals surface area contributed by atoms with Crippen LogP contribution < -0.4 is 0 Å². The molecule has 96 valence electrons. The lowest BCUT2D eigenvalue weighted by Crippen LogP contribution is -2.03. The van der Waals surface area contributed by atoms with Gasteiger partial charge in [-0.2, -0.15) is 0 Å². The summed E-state index contributed by atoms with van der Waals surface area (Å²) >= 11 is 0. The second-order valence-corrected chi connectivity index (χ2v) is 3.58. The van der Waals surface area contributed by atoms with E-state index in [2.05, 4.69) is 4.98 Å². The van der Waals surface area contributed by atoms with Crippen LogP contribution in [0, 0.1) is 0 Å². The van der Waals surface area contributed by atoms with Crippen LogP contribution in [0.2, 0.25) is 0 Å². The fourth-order valence-electron chi connectivity index (χ4n) is 1.67. The molecule has 3 heteroatoms. The van der Waals surface area contributed by atoms with Gasteiger partial charge in [-0.25, -0.2) is 0 Å². The summed E-state index contributed by atoms with van der Waals surface area (Å²) in [5, 5.41) is 1.11. The highest BCUT2D eigenvalue weighted by atomic mass is 16.5. The smallest absolute Gasteiger partial charge is 0.302 e. The number of esters is 1. The van der Waals surface area contributed by atoms with E-state index in [0.717, 1.165) is 16.5 Å². The van der Waals surface area contributed by atoms with E-state index in [1.54, 1.807) is 6.20 Å². The molecule has 0 amide bonds. The Hall–Kier alpha value is -1.90. The number of hydrogen-bond donors (Lipinski definition) is 0. The number of carbonyl (C=O) groups is 1. The summed E-state index contributed by atoms with van der Waals surface area (Å²) in [5.41, 5.74) is 2.09. The Morgan fingerprint density at radius 3 is 2.67 bits per heavy atom. The molecule has 0 bridgehead atoms. The predicted octanol–water partition coefficient (Wildman–Crippen LogP) is 3.37. The molecule has 18 heavy (non-hydrogen) atoms. The second kappa shape index (κ2) is 7.43. The Morgan fingerprint density at radius 1 is 1.22 bits per heavy atom. The van der Waals surface area contributed by atoms with Crippen molar-refractivity contribution in [2.24, 2.45) is 0 Å². The van der Waals surface area contributed by atoms with E-state index < -0.39 is 0 Å². The van der Waals surface area contributed by atoms with Gasteiger partial charge in [0.25, 0.3) is 0 Å². The molecule has 0 aliphatic heterocycles. The summed E-state index contributed by atoms with van der Waals surface area (Å²) in [6, 6.07) is 9.97. The van der Waals surface area contributed by atoms with E-state index in [1.807, 2.05) is 44.2 Å². The molecule has 0 N–H and O–H groups in total. The fourth-order valence-corrected chi connectivity index (χ4v) is 1.67. The maximum absolute atomic E-state index is 10.7. The first-order valence-corrected chi connectivity index (χ1v) is 6.23. The van der Waals surface area contributed by atoms with Crippen LogP contribution in [0.15, 0.2) is 36.5 Å². The van der Waals surface area contributed by atoms with Crippen LogP contribution >= 0.6 is 0 Å². The van der Waals surface area contributed by atoms with Crippen LogP contribution in [0.4, 0.5) is 0 Å². The number of aromatic nitrogens is 1. The van der Waals surface area contributed by atoms with Gasteiger partial charge in [-0.15, -0.1) is 0 Å². The summed E-state index contributed by atoms with van der Waals surface area (Å²) in [4.78, 5) is 15.0. The molecule has 3 nitrogen and oxygen atoms in total. The highest BCUT2D eigenvalue weighted by Gasteiger charge is 2.02. The molecule has 0 aliphatic carbocycles. The third kappa shape index (κ3) is 3.84. The Morgan fingerprint density at radius 2 is 1.94 bits per heavy atom. The summed E-state index contributed by atoms with van der Waals surface area (Å²) in [6.07, 6.45) is 2.48. The van der Waals surface area contributed by atoms with Crippen molar-refractivity contribution in [3.63, 3.8) is 0 Å². The molecule has 0 aliphatic rings. The van der Waals surface area contributed by atoms with Gasteiger partial charge in [0, 0.05) is 24.9 Å². The largest absolute Gasteiger partial charge is 0.466 e. The first-order chi connectivity index (χ1) is 8.77. The monoisotopic (exact) mass is 245 g/mol. The normalized spacial score (nSPS) is 9.50. The summed E-state index contributed by atoms with van der Waals surface area (Å²) in [7, 11) is 0. The summed E-state index contributed by atoms with van der Waals surface area (Å²) in [5.74, 6) is -0.242. The predicted molar refractivity (Wildman–Crippen MR) is 73.4 cm³/mol. The first kappa shape index (κ1) is 14.2. The number of pyridine rings is 1. The average molecular weight is 245 g/mol. The van der Waals surface area contributed by atoms with Gasteiger partial charge in [-0.05, 0) is 11.6 Å². The van der Waals surface area contributed by atoms with Crippen molar-refractivity contribution < 1.29 is 9.53 Å². The number of benzene rings is 1. The Labute approximate surface area is 108 Å². The minimum Gasteiger partial charge on any atom is -0.466 e. The van der Waals surface area contributed by atoms with Crippen molar-refractivity contribution in [2.45, 2.75) is 27.2 Å². The average Bonchev–Trinajstić information content (AvgIpc) is 2.41. The van der Waals surface area contributed by atoms with Gasteiger partial charge >= 0.3 is 5.97 Å². The molecule has 1 aromatic heterocycles. The number of fused-ring (bicyclic) bond motifs is 1. The highest BCUT2D eigenvalue weighted by Crippen LogP contribution is 2.16. The summed E-state index contributed by atoms with van der Waals surface area (Å²) < 4.78 is 4.93. The Balaban J connectivity index is 0.000000771. The van der Waals surface area contributed by atoms with Crippen molar-refractivity contribution in [3.05, 3.63) is 42.1 Å². The van der Waals surface area contributed by atoms with Crippen LogP contribution in [0.3, 0.4) is 0 Å². The lowest BCUT2D eigenvalue weighted by atomic mass is 10.1. The number of carbonyl (C=O) groups excluding carboxylic acids is 1. The van der Waals surface area contributed by atoms with Crippen LogP contribution in [0.25, 0.3) is 10.9 Å². The molecular weight excluding hydrogens is 226 g/mol. The van der Waals surface area contributed by atoms with E-state index in [1.165, 1.54) is 6.92 Å². The topological polar surface area (TPSA) is 39.2 Å². The standard InChI is InChI=1S/C13H13NO2.C2H6/c1-10(15)16-9-7-12-5-2-4-11-6-3-8-14-13(11)12;1-2/h2-6,8H,7,9H2,1H3;1-2H3. The fraction of sp³-hybridized carbons (Fsp3) is 0.333. The van der Waals surface area contributed by atoms with Gasteiger partial charge in [-0.1, -0.05) is 38.1 Å². The quantitative estimate of drug-likeness (QED) is 0.778. The molecule has 0 unspecified atom stereocenters. The molecular formula is C15H19NO2.